The first kappa shape index (κ1) is 9.99. The lowest BCUT2D eigenvalue weighted by molar-refractivity contribution is -0.137. The van der Waals surface area contributed by atoms with Crippen molar-refractivity contribution >= 4 is 29.5 Å². The fraction of sp³-hybridized carbons (Fsp3) is 0.625. The normalized spacial score (nSPS) is 18.7. The first-order chi connectivity index (χ1) is 5.83. The van der Waals surface area contributed by atoms with Crippen LogP contribution in [0.4, 0.5) is 0 Å². The summed E-state index contributed by atoms with van der Waals surface area (Å²) in [6.45, 7) is 3.85. The van der Waals surface area contributed by atoms with Crippen LogP contribution in [0.1, 0.15) is 6.42 Å². The van der Waals surface area contributed by atoms with Crippen molar-refractivity contribution in [3.63, 3.8) is 0 Å². The Balaban J connectivity index is 2.12. The zero-order chi connectivity index (χ0) is 8.81. The molecule has 12 heavy (non-hydrogen) atoms. The van der Waals surface area contributed by atoms with Crippen LogP contribution in [0.2, 0.25) is 0 Å². The van der Waals surface area contributed by atoms with E-state index < -0.39 is 0 Å². The summed E-state index contributed by atoms with van der Waals surface area (Å²) in [5, 5.41) is 0. The summed E-state index contributed by atoms with van der Waals surface area (Å²) in [7, 11) is 0. The molecule has 4 heteroatoms. The predicted molar refractivity (Wildman–Crippen MR) is 54.5 cm³/mol. The number of rotatable bonds is 3. The molecule has 0 atom stereocenters. The zero-order valence-electron chi connectivity index (χ0n) is 6.82. The SMILES string of the molecule is C=CC(=O)OCC1SCCCS1. The first-order valence-electron chi connectivity index (χ1n) is 3.85. The lowest BCUT2D eigenvalue weighted by atomic mass is 10.6. The zero-order valence-corrected chi connectivity index (χ0v) is 8.46. The van der Waals surface area contributed by atoms with Gasteiger partial charge >= 0.3 is 5.97 Å². The monoisotopic (exact) mass is 204 g/mol. The number of thioether (sulfide) groups is 2. The summed E-state index contributed by atoms with van der Waals surface area (Å²) in [6.07, 6.45) is 2.47. The van der Waals surface area contributed by atoms with Gasteiger partial charge in [0.05, 0.1) is 4.58 Å². The minimum Gasteiger partial charge on any atom is -0.460 e. The largest absolute Gasteiger partial charge is 0.460 e. The summed E-state index contributed by atoms with van der Waals surface area (Å²) >= 11 is 3.73. The summed E-state index contributed by atoms with van der Waals surface area (Å²) in [4.78, 5) is 10.7. The number of carbonyl (C=O) groups is 1. The molecule has 0 bridgehead atoms. The Morgan fingerprint density at radius 2 is 2.25 bits per heavy atom. The highest BCUT2D eigenvalue weighted by atomic mass is 32.2. The lowest BCUT2D eigenvalue weighted by Gasteiger charge is -2.19. The van der Waals surface area contributed by atoms with Gasteiger partial charge < -0.3 is 4.74 Å². The molecule has 0 saturated carbocycles. The molecule has 1 rings (SSSR count). The second-order valence-corrected chi connectivity index (χ2v) is 5.28. The van der Waals surface area contributed by atoms with Gasteiger partial charge in [-0.1, -0.05) is 6.58 Å². The maximum atomic E-state index is 10.7. The molecule has 0 aromatic heterocycles. The van der Waals surface area contributed by atoms with Gasteiger partial charge in [0.2, 0.25) is 0 Å². The second-order valence-electron chi connectivity index (χ2n) is 2.36. The van der Waals surface area contributed by atoms with Crippen LogP contribution >= 0.6 is 23.5 Å². The Morgan fingerprint density at radius 3 is 2.83 bits per heavy atom. The number of esters is 1. The highest BCUT2D eigenvalue weighted by Crippen LogP contribution is 2.30. The molecule has 0 aromatic carbocycles. The van der Waals surface area contributed by atoms with Gasteiger partial charge in [-0.05, 0) is 17.9 Å². The van der Waals surface area contributed by atoms with Crippen LogP contribution < -0.4 is 0 Å². The number of carbonyl (C=O) groups excluding carboxylic acids is 1. The summed E-state index contributed by atoms with van der Waals surface area (Å²) in [6, 6.07) is 0. The standard InChI is InChI=1S/C8H12O2S2/c1-2-7(9)10-6-8-11-4-3-5-12-8/h2,8H,1,3-6H2. The van der Waals surface area contributed by atoms with Crippen LogP contribution in [0.15, 0.2) is 12.7 Å². The van der Waals surface area contributed by atoms with E-state index in [1.165, 1.54) is 24.0 Å². The predicted octanol–water partition coefficient (Wildman–Crippen LogP) is 1.91. The maximum absolute atomic E-state index is 10.7. The van der Waals surface area contributed by atoms with Gasteiger partial charge in [-0.15, -0.1) is 23.5 Å². The van der Waals surface area contributed by atoms with E-state index >= 15 is 0 Å². The molecule has 1 aliphatic rings. The van der Waals surface area contributed by atoms with Crippen LogP contribution in [0.25, 0.3) is 0 Å². The minimum atomic E-state index is -0.318. The third-order valence-electron chi connectivity index (χ3n) is 1.42. The van der Waals surface area contributed by atoms with Gasteiger partial charge in [0.1, 0.15) is 6.61 Å². The third-order valence-corrected chi connectivity index (χ3v) is 4.31. The Morgan fingerprint density at radius 1 is 1.58 bits per heavy atom. The number of ether oxygens (including phenoxy) is 1. The summed E-state index contributed by atoms with van der Waals surface area (Å²) in [5.41, 5.74) is 0. The molecule has 1 heterocycles. The van der Waals surface area contributed by atoms with E-state index in [2.05, 4.69) is 6.58 Å². The van der Waals surface area contributed by atoms with Gasteiger partial charge in [-0.2, -0.15) is 0 Å². The molecular weight excluding hydrogens is 192 g/mol. The lowest BCUT2D eigenvalue weighted by Crippen LogP contribution is -2.15. The van der Waals surface area contributed by atoms with Crippen LogP contribution in [0.5, 0.6) is 0 Å². The molecular formula is C8H12O2S2. The Hall–Kier alpha value is -0.0900. The van der Waals surface area contributed by atoms with E-state index in [9.17, 15) is 4.79 Å². The quantitative estimate of drug-likeness (QED) is 0.518. The van der Waals surface area contributed by atoms with E-state index in [0.29, 0.717) is 11.2 Å². The molecule has 0 spiro atoms. The molecule has 0 amide bonds. The average Bonchev–Trinajstić information content (AvgIpc) is 2.16. The highest BCUT2D eigenvalue weighted by Gasteiger charge is 2.15. The van der Waals surface area contributed by atoms with Gasteiger partial charge in [0, 0.05) is 6.08 Å². The molecule has 2 nitrogen and oxygen atoms in total. The highest BCUT2D eigenvalue weighted by molar-refractivity contribution is 8.17. The van der Waals surface area contributed by atoms with Crippen molar-refractivity contribution in [2.24, 2.45) is 0 Å². The Labute approximate surface area is 81.1 Å². The maximum Gasteiger partial charge on any atom is 0.330 e. The van der Waals surface area contributed by atoms with Crippen molar-refractivity contribution in [2.75, 3.05) is 18.1 Å². The van der Waals surface area contributed by atoms with Crippen LogP contribution in [0.3, 0.4) is 0 Å². The fourth-order valence-electron chi connectivity index (χ4n) is 0.842. The number of hydrogen-bond donors (Lipinski definition) is 0. The van der Waals surface area contributed by atoms with Gasteiger partial charge in [-0.25, -0.2) is 4.79 Å². The molecule has 0 unspecified atom stereocenters. The van der Waals surface area contributed by atoms with Crippen LogP contribution in [-0.4, -0.2) is 28.7 Å². The summed E-state index contributed by atoms with van der Waals surface area (Å²) in [5.74, 6) is 2.05. The molecule has 0 aromatic rings. The average molecular weight is 204 g/mol. The first-order valence-corrected chi connectivity index (χ1v) is 5.95. The Kier molecular flexibility index (Phi) is 4.61. The van der Waals surface area contributed by atoms with Crippen LogP contribution in [-0.2, 0) is 9.53 Å². The minimum absolute atomic E-state index is 0.318. The second kappa shape index (κ2) is 5.54. The third kappa shape index (κ3) is 3.54. The molecule has 0 aliphatic carbocycles. The van der Waals surface area contributed by atoms with E-state index in [1.54, 1.807) is 0 Å². The number of hydrogen-bond acceptors (Lipinski definition) is 4. The molecule has 0 N–H and O–H groups in total. The van der Waals surface area contributed by atoms with Crippen molar-refractivity contribution in [3.8, 4) is 0 Å². The topological polar surface area (TPSA) is 26.3 Å². The van der Waals surface area contributed by atoms with Gasteiger partial charge in [0.25, 0.3) is 0 Å². The van der Waals surface area contributed by atoms with Crippen molar-refractivity contribution in [3.05, 3.63) is 12.7 Å². The van der Waals surface area contributed by atoms with Crippen molar-refractivity contribution in [1.82, 2.24) is 0 Å². The van der Waals surface area contributed by atoms with E-state index in [0.717, 1.165) is 0 Å². The molecule has 0 radical (unpaired) electrons. The van der Waals surface area contributed by atoms with Crippen molar-refractivity contribution < 1.29 is 9.53 Å². The van der Waals surface area contributed by atoms with Crippen molar-refractivity contribution in [1.29, 1.82) is 0 Å². The van der Waals surface area contributed by atoms with Gasteiger partial charge in [0.15, 0.2) is 0 Å². The van der Waals surface area contributed by atoms with Crippen molar-refractivity contribution in [2.45, 2.75) is 11.0 Å². The molecule has 1 aliphatic heterocycles. The van der Waals surface area contributed by atoms with Crippen LogP contribution in [0, 0.1) is 0 Å². The van der Waals surface area contributed by atoms with E-state index in [1.807, 2.05) is 23.5 Å². The van der Waals surface area contributed by atoms with E-state index in [4.69, 9.17) is 4.74 Å². The van der Waals surface area contributed by atoms with E-state index in [-0.39, 0.29) is 5.97 Å². The Bertz CT molecular complexity index is 164. The molecule has 1 fully saturated rings. The van der Waals surface area contributed by atoms with Gasteiger partial charge in [-0.3, -0.25) is 0 Å². The smallest absolute Gasteiger partial charge is 0.330 e. The summed E-state index contributed by atoms with van der Waals surface area (Å²) < 4.78 is 5.36. The molecule has 68 valence electrons. The fourth-order valence-corrected chi connectivity index (χ4v) is 3.46. The molecule has 1 saturated heterocycles.